The van der Waals surface area contributed by atoms with E-state index in [1.54, 1.807) is 13.2 Å². The first-order valence-corrected chi connectivity index (χ1v) is 8.22. The molecular weight excluding hydrogens is 300 g/mol. The van der Waals surface area contributed by atoms with Crippen LogP contribution in [0.5, 0.6) is 5.75 Å². The Morgan fingerprint density at radius 3 is 2.55 bits per heavy atom. The summed E-state index contributed by atoms with van der Waals surface area (Å²) in [5, 5.41) is -0.163. The number of ether oxygens (including phenoxy) is 1. The van der Waals surface area contributed by atoms with Crippen LogP contribution >= 0.6 is 11.8 Å². The van der Waals surface area contributed by atoms with Crippen LogP contribution < -0.4 is 9.64 Å². The monoisotopic (exact) mass is 319 g/mol. The first-order chi connectivity index (χ1) is 10.7. The number of rotatable bonds is 4. The van der Waals surface area contributed by atoms with Gasteiger partial charge in [0.15, 0.2) is 6.67 Å². The molecule has 0 atom stereocenters. The van der Waals surface area contributed by atoms with E-state index in [1.807, 2.05) is 24.3 Å². The molecule has 0 radical (unpaired) electrons. The van der Waals surface area contributed by atoms with E-state index in [0.717, 1.165) is 36.2 Å². The quantitative estimate of drug-likeness (QED) is 0.852. The van der Waals surface area contributed by atoms with Gasteiger partial charge in [0.2, 0.25) is 0 Å². The second-order valence-electron chi connectivity index (χ2n) is 5.50. The zero-order valence-corrected chi connectivity index (χ0v) is 13.3. The number of nitrogens with zero attached hydrogens (tertiary/aromatic N) is 1. The van der Waals surface area contributed by atoms with Crippen molar-refractivity contribution in [3.05, 3.63) is 34.7 Å². The van der Waals surface area contributed by atoms with Crippen molar-refractivity contribution in [3.63, 3.8) is 0 Å². The van der Waals surface area contributed by atoms with Gasteiger partial charge in [0.1, 0.15) is 5.75 Å². The van der Waals surface area contributed by atoms with Crippen molar-refractivity contribution in [1.29, 1.82) is 0 Å². The standard InChI is InChI=1S/C16H18N2O3S/c1-21-13-6-4-12(5-7-13)10-14-15(19)18(16(20)22-14)11-17-8-2-3-9-17/h4-7,10H,2-3,8-9,11H2,1H3/p+1/b14-10+. The fraction of sp³-hybridized carbons (Fsp3) is 0.375. The average molecular weight is 319 g/mol. The van der Waals surface area contributed by atoms with Gasteiger partial charge in [0.05, 0.1) is 25.1 Å². The van der Waals surface area contributed by atoms with Gasteiger partial charge in [-0.2, -0.15) is 0 Å². The van der Waals surface area contributed by atoms with E-state index in [2.05, 4.69) is 0 Å². The molecule has 0 aliphatic carbocycles. The topological polar surface area (TPSA) is 51.0 Å². The number of hydrogen-bond donors (Lipinski definition) is 1. The number of likely N-dealkylation sites (tertiary alicyclic amines) is 1. The third kappa shape index (κ3) is 3.18. The van der Waals surface area contributed by atoms with Crippen molar-refractivity contribution < 1.29 is 19.2 Å². The summed E-state index contributed by atoms with van der Waals surface area (Å²) in [5.41, 5.74) is 0.889. The second-order valence-corrected chi connectivity index (χ2v) is 6.49. The maximum Gasteiger partial charge on any atom is 0.298 e. The molecule has 1 aromatic rings. The van der Waals surface area contributed by atoms with Crippen LogP contribution in [0.25, 0.3) is 6.08 Å². The van der Waals surface area contributed by atoms with Crippen LogP contribution in [0, 0.1) is 0 Å². The van der Waals surface area contributed by atoms with E-state index in [1.165, 1.54) is 22.6 Å². The lowest BCUT2D eigenvalue weighted by atomic mass is 10.2. The van der Waals surface area contributed by atoms with Gasteiger partial charge < -0.3 is 9.64 Å². The van der Waals surface area contributed by atoms with Crippen LogP contribution in [0.4, 0.5) is 4.79 Å². The predicted octanol–water partition coefficient (Wildman–Crippen LogP) is 1.37. The lowest BCUT2D eigenvalue weighted by molar-refractivity contribution is -0.894. The predicted molar refractivity (Wildman–Crippen MR) is 85.6 cm³/mol. The highest BCUT2D eigenvalue weighted by atomic mass is 32.2. The number of amides is 2. The van der Waals surface area contributed by atoms with E-state index in [4.69, 9.17) is 4.74 Å². The second kappa shape index (κ2) is 6.54. The van der Waals surface area contributed by atoms with E-state index in [9.17, 15) is 9.59 Å². The Kier molecular flexibility index (Phi) is 4.49. The van der Waals surface area contributed by atoms with E-state index in [-0.39, 0.29) is 11.1 Å². The molecule has 116 valence electrons. The summed E-state index contributed by atoms with van der Waals surface area (Å²) in [6, 6.07) is 7.42. The smallest absolute Gasteiger partial charge is 0.298 e. The van der Waals surface area contributed by atoms with Crippen molar-refractivity contribution in [3.8, 4) is 5.75 Å². The first-order valence-electron chi connectivity index (χ1n) is 7.40. The molecule has 0 unspecified atom stereocenters. The molecule has 2 saturated heterocycles. The minimum absolute atomic E-state index is 0.163. The number of benzene rings is 1. The van der Waals surface area contributed by atoms with Crippen molar-refractivity contribution in [2.24, 2.45) is 0 Å². The van der Waals surface area contributed by atoms with Gasteiger partial charge in [-0.15, -0.1) is 0 Å². The van der Waals surface area contributed by atoms with Crippen LogP contribution in [-0.2, 0) is 4.79 Å². The number of nitrogens with one attached hydrogen (secondary N) is 1. The molecule has 1 N–H and O–H groups in total. The van der Waals surface area contributed by atoms with Gasteiger partial charge in [0, 0.05) is 12.8 Å². The zero-order valence-electron chi connectivity index (χ0n) is 12.5. The largest absolute Gasteiger partial charge is 0.497 e. The molecule has 0 spiro atoms. The molecule has 0 bridgehead atoms. The highest BCUT2D eigenvalue weighted by Crippen LogP contribution is 2.31. The fourth-order valence-corrected chi connectivity index (χ4v) is 3.58. The van der Waals surface area contributed by atoms with Crippen LogP contribution in [0.15, 0.2) is 29.2 Å². The first kappa shape index (κ1) is 15.1. The number of carbonyl (C=O) groups excluding carboxylic acids is 2. The molecule has 5 nitrogen and oxygen atoms in total. The maximum absolute atomic E-state index is 12.4. The molecule has 0 saturated carbocycles. The number of imide groups is 1. The van der Waals surface area contributed by atoms with Gasteiger partial charge in [-0.1, -0.05) is 12.1 Å². The fourth-order valence-electron chi connectivity index (χ4n) is 2.74. The van der Waals surface area contributed by atoms with Crippen molar-refractivity contribution in [1.82, 2.24) is 4.90 Å². The number of methoxy groups -OCH3 is 1. The Labute approximate surface area is 133 Å². The Balaban J connectivity index is 1.72. The van der Waals surface area contributed by atoms with Crippen LogP contribution in [0.3, 0.4) is 0 Å². The van der Waals surface area contributed by atoms with Gasteiger partial charge >= 0.3 is 0 Å². The highest BCUT2D eigenvalue weighted by Gasteiger charge is 2.37. The summed E-state index contributed by atoms with van der Waals surface area (Å²) in [4.78, 5) is 27.7. The molecule has 0 aromatic heterocycles. The molecule has 22 heavy (non-hydrogen) atoms. The number of hydrogen-bond acceptors (Lipinski definition) is 4. The van der Waals surface area contributed by atoms with Crippen molar-refractivity contribution in [2.45, 2.75) is 12.8 Å². The molecule has 2 amide bonds. The Morgan fingerprint density at radius 1 is 1.23 bits per heavy atom. The molecule has 2 aliphatic heterocycles. The zero-order chi connectivity index (χ0) is 15.5. The molecular formula is C16H19N2O3S+. The summed E-state index contributed by atoms with van der Waals surface area (Å²) in [6.45, 7) is 2.57. The minimum atomic E-state index is -0.176. The Hall–Kier alpha value is -1.79. The molecule has 2 heterocycles. The molecule has 1 aromatic carbocycles. The summed E-state index contributed by atoms with van der Waals surface area (Å²) in [6.07, 6.45) is 4.12. The van der Waals surface area contributed by atoms with Crippen LogP contribution in [-0.4, -0.2) is 42.9 Å². The third-order valence-corrected chi connectivity index (χ3v) is 4.89. The molecule has 6 heteroatoms. The molecule has 2 fully saturated rings. The SMILES string of the molecule is COc1ccc(/C=C2/SC(=O)N(C[NH+]3CCCC3)C2=O)cc1. The summed E-state index contributed by atoms with van der Waals surface area (Å²) in [7, 11) is 1.61. The van der Waals surface area contributed by atoms with Gasteiger partial charge in [-0.25, -0.2) is 4.90 Å². The van der Waals surface area contributed by atoms with Crippen molar-refractivity contribution in [2.75, 3.05) is 26.9 Å². The van der Waals surface area contributed by atoms with E-state index in [0.29, 0.717) is 11.6 Å². The van der Waals surface area contributed by atoms with Gasteiger partial charge in [0.25, 0.3) is 11.1 Å². The Bertz CT molecular complexity index is 606. The van der Waals surface area contributed by atoms with Crippen molar-refractivity contribution >= 4 is 29.0 Å². The Morgan fingerprint density at radius 2 is 1.91 bits per heavy atom. The lowest BCUT2D eigenvalue weighted by Gasteiger charge is -2.17. The summed E-state index contributed by atoms with van der Waals surface area (Å²) < 4.78 is 5.11. The van der Waals surface area contributed by atoms with Gasteiger partial charge in [-0.3, -0.25) is 9.59 Å². The van der Waals surface area contributed by atoms with E-state index >= 15 is 0 Å². The normalized spacial score (nSPS) is 21.1. The van der Waals surface area contributed by atoms with Gasteiger partial charge in [-0.05, 0) is 35.5 Å². The maximum atomic E-state index is 12.4. The molecule has 2 aliphatic rings. The number of thioether (sulfide) groups is 1. The lowest BCUT2D eigenvalue weighted by Crippen LogP contribution is -3.11. The summed E-state index contributed by atoms with van der Waals surface area (Å²) in [5.74, 6) is 0.591. The minimum Gasteiger partial charge on any atom is -0.497 e. The average Bonchev–Trinajstić information content (AvgIpc) is 3.13. The highest BCUT2D eigenvalue weighted by molar-refractivity contribution is 8.18. The molecule has 3 rings (SSSR count). The number of carbonyl (C=O) groups is 2. The number of quaternary nitrogens is 1. The van der Waals surface area contributed by atoms with Crippen LogP contribution in [0.1, 0.15) is 18.4 Å². The third-order valence-electron chi connectivity index (χ3n) is 3.98. The van der Waals surface area contributed by atoms with E-state index < -0.39 is 0 Å². The summed E-state index contributed by atoms with van der Waals surface area (Å²) >= 11 is 1.02. The van der Waals surface area contributed by atoms with Crippen LogP contribution in [0.2, 0.25) is 0 Å².